The Hall–Kier alpha value is -1.84. The molecule has 0 unspecified atom stereocenters. The average molecular weight is 316 g/mol. The minimum absolute atomic E-state index is 0.125. The molecule has 2 aromatic rings. The first-order valence-electron chi connectivity index (χ1n) is 7.33. The zero-order valence-electron chi connectivity index (χ0n) is 12.4. The molecule has 4 heteroatoms. The molecule has 22 heavy (non-hydrogen) atoms. The minimum atomic E-state index is 0.125. The van der Waals surface area contributed by atoms with Crippen LogP contribution >= 0.6 is 11.6 Å². The van der Waals surface area contributed by atoms with Crippen LogP contribution in [0.15, 0.2) is 36.4 Å². The van der Waals surface area contributed by atoms with Crippen LogP contribution in [0.5, 0.6) is 5.75 Å². The number of likely N-dealkylation sites (N-methyl/N-ethyl adjacent to an activating group) is 1. The van der Waals surface area contributed by atoms with E-state index >= 15 is 0 Å². The van der Waals surface area contributed by atoms with E-state index in [4.69, 9.17) is 11.6 Å². The maximum Gasteiger partial charge on any atom is 0.150 e. The van der Waals surface area contributed by atoms with Gasteiger partial charge in [-0.15, -0.1) is 0 Å². The molecule has 0 saturated heterocycles. The lowest BCUT2D eigenvalue weighted by molar-refractivity contribution is 0.112. The van der Waals surface area contributed by atoms with Crippen LogP contribution in [0.1, 0.15) is 33.0 Å². The first kappa shape index (κ1) is 15.1. The van der Waals surface area contributed by atoms with Crippen molar-refractivity contribution in [2.75, 3.05) is 20.1 Å². The summed E-state index contributed by atoms with van der Waals surface area (Å²) in [6.07, 6.45) is 1.76. The molecule has 0 aromatic heterocycles. The van der Waals surface area contributed by atoms with Crippen LogP contribution < -0.4 is 0 Å². The third-order valence-corrected chi connectivity index (χ3v) is 4.62. The highest BCUT2D eigenvalue weighted by molar-refractivity contribution is 6.32. The van der Waals surface area contributed by atoms with Gasteiger partial charge in [-0.1, -0.05) is 35.9 Å². The standard InChI is InChI=1S/C18H18ClNO2/c1-20-7-6-14-8-17(19)18(22)9-15(14)16(10-20)13-4-2-12(11-21)3-5-13/h2-5,8-9,11,16,22H,6-7,10H2,1H3/t16-/m1/s1. The van der Waals surface area contributed by atoms with E-state index < -0.39 is 0 Å². The molecule has 3 rings (SSSR count). The molecule has 0 radical (unpaired) electrons. The Morgan fingerprint density at radius 3 is 2.68 bits per heavy atom. The summed E-state index contributed by atoms with van der Waals surface area (Å²) in [5.74, 6) is 0.283. The average Bonchev–Trinajstić information content (AvgIpc) is 2.68. The molecule has 1 N–H and O–H groups in total. The second-order valence-electron chi connectivity index (χ2n) is 5.85. The molecule has 0 saturated carbocycles. The molecule has 1 heterocycles. The topological polar surface area (TPSA) is 40.5 Å². The molecule has 0 amide bonds. The van der Waals surface area contributed by atoms with Crippen molar-refractivity contribution >= 4 is 17.9 Å². The summed E-state index contributed by atoms with van der Waals surface area (Å²) in [6, 6.07) is 11.3. The van der Waals surface area contributed by atoms with E-state index in [2.05, 4.69) is 11.9 Å². The lowest BCUT2D eigenvalue weighted by atomic mass is 9.87. The van der Waals surface area contributed by atoms with Crippen LogP contribution in [0.2, 0.25) is 5.02 Å². The van der Waals surface area contributed by atoms with E-state index in [-0.39, 0.29) is 11.7 Å². The first-order chi connectivity index (χ1) is 10.6. The Morgan fingerprint density at radius 2 is 2.00 bits per heavy atom. The Morgan fingerprint density at radius 1 is 1.27 bits per heavy atom. The molecule has 1 atom stereocenters. The second-order valence-corrected chi connectivity index (χ2v) is 6.26. The number of hydrogen-bond donors (Lipinski definition) is 1. The highest BCUT2D eigenvalue weighted by Gasteiger charge is 2.24. The number of halogens is 1. The van der Waals surface area contributed by atoms with E-state index in [0.717, 1.165) is 36.9 Å². The SMILES string of the molecule is CN1CCc2cc(Cl)c(O)cc2[C@@H](c2ccc(C=O)cc2)C1. The number of rotatable bonds is 2. The van der Waals surface area contributed by atoms with Crippen molar-refractivity contribution in [1.29, 1.82) is 0 Å². The summed E-state index contributed by atoms with van der Waals surface area (Å²) in [5, 5.41) is 10.4. The Balaban J connectivity index is 2.08. The van der Waals surface area contributed by atoms with E-state index in [0.29, 0.717) is 10.6 Å². The Labute approximate surface area is 135 Å². The third-order valence-electron chi connectivity index (χ3n) is 4.32. The summed E-state index contributed by atoms with van der Waals surface area (Å²) in [7, 11) is 2.10. The number of carbonyl (C=O) groups excluding carboxylic acids is 1. The van der Waals surface area contributed by atoms with Crippen molar-refractivity contribution < 1.29 is 9.90 Å². The van der Waals surface area contributed by atoms with Crippen LogP contribution in [0.3, 0.4) is 0 Å². The van der Waals surface area contributed by atoms with E-state index in [9.17, 15) is 9.90 Å². The van der Waals surface area contributed by atoms with Crippen molar-refractivity contribution in [3.63, 3.8) is 0 Å². The number of aromatic hydroxyl groups is 1. The predicted octanol–water partition coefficient (Wildman–Crippen LogP) is 3.48. The molecular weight excluding hydrogens is 298 g/mol. The molecular formula is C18H18ClNO2. The number of hydrogen-bond acceptors (Lipinski definition) is 3. The van der Waals surface area contributed by atoms with Crippen LogP contribution in [0, 0.1) is 0 Å². The zero-order valence-corrected chi connectivity index (χ0v) is 13.2. The van der Waals surface area contributed by atoms with Gasteiger partial charge in [-0.2, -0.15) is 0 Å². The molecule has 3 nitrogen and oxygen atoms in total. The fourth-order valence-corrected chi connectivity index (χ4v) is 3.25. The molecule has 0 aliphatic carbocycles. The van der Waals surface area contributed by atoms with Gasteiger partial charge in [-0.3, -0.25) is 4.79 Å². The van der Waals surface area contributed by atoms with Gasteiger partial charge in [-0.25, -0.2) is 0 Å². The summed E-state index contributed by atoms with van der Waals surface area (Å²) in [5.41, 5.74) is 4.11. The number of carbonyl (C=O) groups is 1. The van der Waals surface area contributed by atoms with Gasteiger partial charge in [-0.05, 0) is 42.3 Å². The number of phenolic OH excluding ortho intramolecular Hbond substituents is 1. The van der Waals surface area contributed by atoms with Gasteiger partial charge in [0.1, 0.15) is 12.0 Å². The fraction of sp³-hybridized carbons (Fsp3) is 0.278. The van der Waals surface area contributed by atoms with Gasteiger partial charge in [0.25, 0.3) is 0 Å². The van der Waals surface area contributed by atoms with Crippen LogP contribution in [0.25, 0.3) is 0 Å². The maximum absolute atomic E-state index is 10.8. The lowest BCUT2D eigenvalue weighted by Gasteiger charge is -2.22. The summed E-state index contributed by atoms with van der Waals surface area (Å²) in [4.78, 5) is 13.1. The highest BCUT2D eigenvalue weighted by Crippen LogP contribution is 2.36. The van der Waals surface area contributed by atoms with Gasteiger partial charge in [0.05, 0.1) is 5.02 Å². The number of aldehydes is 1. The smallest absolute Gasteiger partial charge is 0.150 e. The van der Waals surface area contributed by atoms with Gasteiger partial charge in [0.15, 0.2) is 0 Å². The van der Waals surface area contributed by atoms with E-state index in [1.807, 2.05) is 30.3 Å². The molecule has 0 fully saturated rings. The summed E-state index contributed by atoms with van der Waals surface area (Å²) in [6.45, 7) is 1.82. The predicted molar refractivity (Wildman–Crippen MR) is 88.0 cm³/mol. The lowest BCUT2D eigenvalue weighted by Crippen LogP contribution is -2.24. The second kappa shape index (κ2) is 6.11. The molecule has 0 bridgehead atoms. The van der Waals surface area contributed by atoms with Crippen molar-refractivity contribution in [1.82, 2.24) is 4.90 Å². The normalized spacial score (nSPS) is 18.5. The van der Waals surface area contributed by atoms with Crippen molar-refractivity contribution in [3.05, 3.63) is 63.7 Å². The number of fused-ring (bicyclic) bond motifs is 1. The first-order valence-corrected chi connectivity index (χ1v) is 7.71. The van der Waals surface area contributed by atoms with Crippen molar-refractivity contribution in [2.24, 2.45) is 0 Å². The molecule has 0 spiro atoms. The molecule has 1 aliphatic heterocycles. The molecule has 2 aromatic carbocycles. The van der Waals surface area contributed by atoms with Gasteiger partial charge in [0, 0.05) is 24.6 Å². The Kier molecular flexibility index (Phi) is 4.19. The monoisotopic (exact) mass is 315 g/mol. The maximum atomic E-state index is 10.8. The fourth-order valence-electron chi connectivity index (χ4n) is 3.06. The van der Waals surface area contributed by atoms with Gasteiger partial charge in [0.2, 0.25) is 0 Å². The van der Waals surface area contributed by atoms with Crippen LogP contribution in [-0.4, -0.2) is 36.4 Å². The van der Waals surface area contributed by atoms with Gasteiger partial charge >= 0.3 is 0 Å². The van der Waals surface area contributed by atoms with Crippen LogP contribution in [0.4, 0.5) is 0 Å². The van der Waals surface area contributed by atoms with Gasteiger partial charge < -0.3 is 10.0 Å². The summed E-state index contributed by atoms with van der Waals surface area (Å²) >= 11 is 6.07. The number of nitrogens with zero attached hydrogens (tertiary/aromatic N) is 1. The number of benzene rings is 2. The summed E-state index contributed by atoms with van der Waals surface area (Å²) < 4.78 is 0. The molecule has 1 aliphatic rings. The van der Waals surface area contributed by atoms with Crippen molar-refractivity contribution in [3.8, 4) is 5.75 Å². The number of phenols is 1. The minimum Gasteiger partial charge on any atom is -0.506 e. The van der Waals surface area contributed by atoms with Crippen LogP contribution in [-0.2, 0) is 6.42 Å². The largest absolute Gasteiger partial charge is 0.506 e. The highest BCUT2D eigenvalue weighted by atomic mass is 35.5. The van der Waals surface area contributed by atoms with E-state index in [1.54, 1.807) is 6.07 Å². The molecule has 114 valence electrons. The zero-order chi connectivity index (χ0) is 15.7. The Bertz CT molecular complexity index is 697. The third kappa shape index (κ3) is 2.87. The quantitative estimate of drug-likeness (QED) is 0.863. The van der Waals surface area contributed by atoms with E-state index in [1.165, 1.54) is 5.56 Å². The van der Waals surface area contributed by atoms with Crippen molar-refractivity contribution in [2.45, 2.75) is 12.3 Å².